The van der Waals surface area contributed by atoms with Crippen LogP contribution in [-0.2, 0) is 14.3 Å². The minimum atomic E-state index is -0.213. The summed E-state index contributed by atoms with van der Waals surface area (Å²) in [6.45, 7) is 3.37. The average molecular weight is 242 g/mol. The van der Waals surface area contributed by atoms with Crippen LogP contribution in [0.1, 0.15) is 58.3 Å². The number of ether oxygens (including phenoxy) is 2. The second-order valence-electron chi connectivity index (χ2n) is 4.76. The van der Waals surface area contributed by atoms with Crippen LogP contribution in [0.25, 0.3) is 0 Å². The third-order valence-electron chi connectivity index (χ3n) is 3.32. The molecular weight excluding hydrogens is 216 g/mol. The minimum Gasteiger partial charge on any atom is -0.378 e. The lowest BCUT2D eigenvalue weighted by atomic mass is 9.98. The Bertz CT molecular complexity index is 188. The smallest absolute Gasteiger partial charge is 0.148 e. The van der Waals surface area contributed by atoms with Gasteiger partial charge in [0, 0.05) is 13.2 Å². The SMILES string of the molecule is CCOC(C=O)CCCCOC1CCCCC1. The van der Waals surface area contributed by atoms with E-state index in [-0.39, 0.29) is 6.10 Å². The number of carbonyl (C=O) groups is 1. The molecule has 0 aromatic carbocycles. The lowest BCUT2D eigenvalue weighted by Gasteiger charge is -2.22. The third-order valence-corrected chi connectivity index (χ3v) is 3.32. The molecule has 0 aromatic heterocycles. The van der Waals surface area contributed by atoms with Crippen LogP contribution in [0.3, 0.4) is 0 Å². The van der Waals surface area contributed by atoms with Crippen molar-refractivity contribution in [3.05, 3.63) is 0 Å². The first-order valence-electron chi connectivity index (χ1n) is 7.05. The summed E-state index contributed by atoms with van der Waals surface area (Å²) in [7, 11) is 0. The van der Waals surface area contributed by atoms with Gasteiger partial charge in [-0.15, -0.1) is 0 Å². The summed E-state index contributed by atoms with van der Waals surface area (Å²) >= 11 is 0. The molecule has 0 amide bonds. The Morgan fingerprint density at radius 1 is 1.24 bits per heavy atom. The fourth-order valence-electron chi connectivity index (χ4n) is 2.33. The van der Waals surface area contributed by atoms with E-state index in [1.54, 1.807) is 0 Å². The zero-order chi connectivity index (χ0) is 12.3. The molecule has 0 radical (unpaired) electrons. The van der Waals surface area contributed by atoms with E-state index in [4.69, 9.17) is 9.47 Å². The average Bonchev–Trinajstić information content (AvgIpc) is 2.38. The van der Waals surface area contributed by atoms with Gasteiger partial charge in [-0.05, 0) is 39.0 Å². The molecule has 0 aliphatic heterocycles. The van der Waals surface area contributed by atoms with Crippen molar-refractivity contribution in [2.24, 2.45) is 0 Å². The summed E-state index contributed by atoms with van der Waals surface area (Å²) in [5, 5.41) is 0. The van der Waals surface area contributed by atoms with Crippen molar-refractivity contribution >= 4 is 6.29 Å². The van der Waals surface area contributed by atoms with E-state index in [1.165, 1.54) is 32.1 Å². The Morgan fingerprint density at radius 3 is 2.65 bits per heavy atom. The molecule has 3 heteroatoms. The highest BCUT2D eigenvalue weighted by molar-refractivity contribution is 5.55. The molecule has 0 spiro atoms. The quantitative estimate of drug-likeness (QED) is 0.460. The Morgan fingerprint density at radius 2 is 2.00 bits per heavy atom. The molecule has 1 unspecified atom stereocenters. The first kappa shape index (κ1) is 14.7. The highest BCUT2D eigenvalue weighted by atomic mass is 16.5. The van der Waals surface area contributed by atoms with Gasteiger partial charge >= 0.3 is 0 Å². The second-order valence-corrected chi connectivity index (χ2v) is 4.76. The fourth-order valence-corrected chi connectivity index (χ4v) is 2.33. The van der Waals surface area contributed by atoms with E-state index in [2.05, 4.69) is 0 Å². The zero-order valence-corrected chi connectivity index (χ0v) is 11.0. The van der Waals surface area contributed by atoms with E-state index < -0.39 is 0 Å². The third kappa shape index (κ3) is 6.79. The van der Waals surface area contributed by atoms with E-state index in [1.807, 2.05) is 6.92 Å². The lowest BCUT2D eigenvalue weighted by Crippen LogP contribution is -2.18. The molecule has 1 atom stereocenters. The van der Waals surface area contributed by atoms with Crippen molar-refractivity contribution in [1.82, 2.24) is 0 Å². The molecule has 0 N–H and O–H groups in total. The maximum absolute atomic E-state index is 10.6. The maximum Gasteiger partial charge on any atom is 0.148 e. The molecule has 17 heavy (non-hydrogen) atoms. The van der Waals surface area contributed by atoms with Gasteiger partial charge in [-0.25, -0.2) is 0 Å². The van der Waals surface area contributed by atoms with Crippen LogP contribution >= 0.6 is 0 Å². The van der Waals surface area contributed by atoms with Crippen LogP contribution < -0.4 is 0 Å². The number of hydrogen-bond donors (Lipinski definition) is 0. The fraction of sp³-hybridized carbons (Fsp3) is 0.929. The predicted octanol–water partition coefficient (Wildman–Crippen LogP) is 3.11. The molecule has 100 valence electrons. The van der Waals surface area contributed by atoms with Gasteiger partial charge in [-0.3, -0.25) is 0 Å². The topological polar surface area (TPSA) is 35.5 Å². The van der Waals surface area contributed by atoms with Gasteiger partial charge in [0.25, 0.3) is 0 Å². The molecule has 1 aliphatic rings. The normalized spacial score (nSPS) is 19.1. The van der Waals surface area contributed by atoms with E-state index in [0.717, 1.165) is 32.2 Å². The summed E-state index contributed by atoms with van der Waals surface area (Å²) in [6, 6.07) is 0. The molecule has 0 heterocycles. The van der Waals surface area contributed by atoms with Crippen molar-refractivity contribution in [2.75, 3.05) is 13.2 Å². The molecule has 3 nitrogen and oxygen atoms in total. The van der Waals surface area contributed by atoms with Gasteiger partial charge in [0.15, 0.2) is 0 Å². The summed E-state index contributed by atoms with van der Waals surface area (Å²) in [5.41, 5.74) is 0. The molecule has 0 bridgehead atoms. The maximum atomic E-state index is 10.6. The highest BCUT2D eigenvalue weighted by Crippen LogP contribution is 2.20. The summed E-state index contributed by atoms with van der Waals surface area (Å²) in [4.78, 5) is 10.6. The first-order chi connectivity index (χ1) is 8.36. The Balaban J connectivity index is 1.94. The summed E-state index contributed by atoms with van der Waals surface area (Å²) < 4.78 is 11.1. The molecule has 0 aromatic rings. The van der Waals surface area contributed by atoms with E-state index in [9.17, 15) is 4.79 Å². The van der Waals surface area contributed by atoms with Crippen LogP contribution in [0.5, 0.6) is 0 Å². The van der Waals surface area contributed by atoms with Gasteiger partial charge < -0.3 is 14.3 Å². The van der Waals surface area contributed by atoms with Crippen LogP contribution in [0, 0.1) is 0 Å². The number of unbranched alkanes of at least 4 members (excludes halogenated alkanes) is 1. The standard InChI is InChI=1S/C14H26O3/c1-2-16-14(12-15)10-6-7-11-17-13-8-4-3-5-9-13/h12-14H,2-11H2,1H3. The first-order valence-corrected chi connectivity index (χ1v) is 7.05. The van der Waals surface area contributed by atoms with Gasteiger partial charge in [0.05, 0.1) is 6.10 Å². The highest BCUT2D eigenvalue weighted by Gasteiger charge is 2.13. The Kier molecular flexibility index (Phi) is 8.28. The van der Waals surface area contributed by atoms with Crippen molar-refractivity contribution in [3.63, 3.8) is 0 Å². The van der Waals surface area contributed by atoms with Gasteiger partial charge in [-0.2, -0.15) is 0 Å². The van der Waals surface area contributed by atoms with Crippen LogP contribution in [-0.4, -0.2) is 31.7 Å². The molecular formula is C14H26O3. The zero-order valence-electron chi connectivity index (χ0n) is 11.0. The van der Waals surface area contributed by atoms with Crippen molar-refractivity contribution in [1.29, 1.82) is 0 Å². The molecule has 0 saturated heterocycles. The van der Waals surface area contributed by atoms with Gasteiger partial charge in [0.2, 0.25) is 0 Å². The van der Waals surface area contributed by atoms with Gasteiger partial charge in [0.1, 0.15) is 12.4 Å². The number of aldehydes is 1. The second kappa shape index (κ2) is 9.60. The number of rotatable bonds is 9. The number of carbonyl (C=O) groups excluding carboxylic acids is 1. The predicted molar refractivity (Wildman–Crippen MR) is 68.2 cm³/mol. The van der Waals surface area contributed by atoms with E-state index >= 15 is 0 Å². The van der Waals surface area contributed by atoms with Crippen LogP contribution in [0.15, 0.2) is 0 Å². The Hall–Kier alpha value is -0.410. The molecule has 1 rings (SSSR count). The summed E-state index contributed by atoms with van der Waals surface area (Å²) in [6.07, 6.45) is 10.5. The van der Waals surface area contributed by atoms with Gasteiger partial charge in [-0.1, -0.05) is 19.3 Å². The van der Waals surface area contributed by atoms with Crippen molar-refractivity contribution in [2.45, 2.75) is 70.5 Å². The molecule has 1 saturated carbocycles. The number of hydrogen-bond acceptors (Lipinski definition) is 3. The van der Waals surface area contributed by atoms with Crippen LogP contribution in [0.2, 0.25) is 0 Å². The van der Waals surface area contributed by atoms with Crippen LogP contribution in [0.4, 0.5) is 0 Å². The van der Waals surface area contributed by atoms with E-state index in [0.29, 0.717) is 12.7 Å². The monoisotopic (exact) mass is 242 g/mol. The summed E-state index contributed by atoms with van der Waals surface area (Å²) in [5.74, 6) is 0. The largest absolute Gasteiger partial charge is 0.378 e. The van der Waals surface area contributed by atoms with Crippen molar-refractivity contribution in [3.8, 4) is 0 Å². The lowest BCUT2D eigenvalue weighted by molar-refractivity contribution is -0.118. The van der Waals surface area contributed by atoms with Crippen molar-refractivity contribution < 1.29 is 14.3 Å². The molecule has 1 fully saturated rings. The molecule has 1 aliphatic carbocycles. The Labute approximate surface area is 105 Å². The minimum absolute atomic E-state index is 0.213.